The van der Waals surface area contributed by atoms with Crippen molar-refractivity contribution in [3.05, 3.63) is 35.9 Å². The van der Waals surface area contributed by atoms with Gasteiger partial charge in [-0.1, -0.05) is 36.8 Å². The van der Waals surface area contributed by atoms with Crippen molar-refractivity contribution in [1.82, 2.24) is 4.90 Å². The normalized spacial score (nSPS) is 23.3. The van der Waals surface area contributed by atoms with E-state index in [1.54, 1.807) is 0 Å². The Bertz CT molecular complexity index is 291. The van der Waals surface area contributed by atoms with Crippen LogP contribution in [0.25, 0.3) is 0 Å². The Morgan fingerprint density at radius 3 is 2.53 bits per heavy atom. The number of likely N-dealkylation sites (tertiary alicyclic amines) is 1. The SMILES string of the molecule is CC(C)N1CCCCC1c1ccccc1. The smallest absolute Gasteiger partial charge is 0.0350 e. The average Bonchev–Trinajstić information content (AvgIpc) is 2.30. The molecule has 0 amide bonds. The Balaban J connectivity index is 2.18. The summed E-state index contributed by atoms with van der Waals surface area (Å²) in [5.41, 5.74) is 1.49. The third-order valence-corrected chi connectivity index (χ3v) is 3.39. The van der Waals surface area contributed by atoms with E-state index in [4.69, 9.17) is 0 Å². The van der Waals surface area contributed by atoms with E-state index in [0.717, 1.165) is 0 Å². The summed E-state index contributed by atoms with van der Waals surface area (Å²) in [5.74, 6) is 0. The zero-order valence-electron chi connectivity index (χ0n) is 9.82. The van der Waals surface area contributed by atoms with Crippen molar-refractivity contribution in [1.29, 1.82) is 0 Å². The van der Waals surface area contributed by atoms with Crippen LogP contribution in [0.3, 0.4) is 0 Å². The number of piperidine rings is 1. The van der Waals surface area contributed by atoms with Gasteiger partial charge in [0.2, 0.25) is 0 Å². The zero-order valence-corrected chi connectivity index (χ0v) is 9.82. The highest BCUT2D eigenvalue weighted by Crippen LogP contribution is 2.31. The van der Waals surface area contributed by atoms with Gasteiger partial charge in [-0.2, -0.15) is 0 Å². The van der Waals surface area contributed by atoms with Gasteiger partial charge in [-0.15, -0.1) is 0 Å². The second kappa shape index (κ2) is 4.80. The summed E-state index contributed by atoms with van der Waals surface area (Å²) in [4.78, 5) is 2.64. The lowest BCUT2D eigenvalue weighted by Gasteiger charge is -2.39. The molecule has 1 aliphatic rings. The molecule has 1 heteroatoms. The number of hydrogen-bond acceptors (Lipinski definition) is 1. The highest BCUT2D eigenvalue weighted by atomic mass is 15.2. The van der Waals surface area contributed by atoms with Crippen molar-refractivity contribution in [2.75, 3.05) is 6.54 Å². The quantitative estimate of drug-likeness (QED) is 0.709. The van der Waals surface area contributed by atoms with Gasteiger partial charge in [0.1, 0.15) is 0 Å². The first-order valence-corrected chi connectivity index (χ1v) is 6.09. The van der Waals surface area contributed by atoms with Crippen LogP contribution in [-0.2, 0) is 0 Å². The van der Waals surface area contributed by atoms with E-state index < -0.39 is 0 Å². The van der Waals surface area contributed by atoms with Gasteiger partial charge in [-0.25, -0.2) is 0 Å². The first-order chi connectivity index (χ1) is 7.29. The Morgan fingerprint density at radius 1 is 1.13 bits per heavy atom. The summed E-state index contributed by atoms with van der Waals surface area (Å²) in [6, 6.07) is 12.3. The molecule has 0 aliphatic carbocycles. The van der Waals surface area contributed by atoms with Gasteiger partial charge in [0.25, 0.3) is 0 Å². The minimum Gasteiger partial charge on any atom is -0.294 e. The third-order valence-electron chi connectivity index (χ3n) is 3.39. The highest BCUT2D eigenvalue weighted by molar-refractivity contribution is 5.19. The molecular weight excluding hydrogens is 182 g/mol. The fourth-order valence-corrected chi connectivity index (χ4v) is 2.61. The molecule has 1 heterocycles. The molecule has 0 N–H and O–H groups in total. The van der Waals surface area contributed by atoms with E-state index in [1.165, 1.54) is 31.4 Å². The van der Waals surface area contributed by atoms with E-state index in [9.17, 15) is 0 Å². The first-order valence-electron chi connectivity index (χ1n) is 6.09. The second-order valence-electron chi connectivity index (χ2n) is 4.75. The molecule has 1 unspecified atom stereocenters. The van der Waals surface area contributed by atoms with Gasteiger partial charge in [-0.05, 0) is 38.8 Å². The summed E-state index contributed by atoms with van der Waals surface area (Å²) in [5, 5.41) is 0. The molecule has 1 aromatic carbocycles. The molecule has 1 atom stereocenters. The Hall–Kier alpha value is -0.820. The van der Waals surface area contributed by atoms with Crippen molar-refractivity contribution >= 4 is 0 Å². The lowest BCUT2D eigenvalue weighted by Crippen LogP contribution is -2.38. The second-order valence-corrected chi connectivity index (χ2v) is 4.75. The third kappa shape index (κ3) is 2.40. The Morgan fingerprint density at radius 2 is 1.87 bits per heavy atom. The molecule has 0 saturated carbocycles. The van der Waals surface area contributed by atoms with Crippen LogP contribution in [-0.4, -0.2) is 17.5 Å². The number of hydrogen-bond donors (Lipinski definition) is 0. The fraction of sp³-hybridized carbons (Fsp3) is 0.571. The van der Waals surface area contributed by atoms with Crippen molar-refractivity contribution in [2.45, 2.75) is 45.2 Å². The topological polar surface area (TPSA) is 3.24 Å². The van der Waals surface area contributed by atoms with Crippen molar-refractivity contribution in [3.8, 4) is 0 Å². The van der Waals surface area contributed by atoms with Gasteiger partial charge in [-0.3, -0.25) is 4.90 Å². The van der Waals surface area contributed by atoms with E-state index in [1.807, 2.05) is 0 Å². The molecular formula is C14H21N. The Labute approximate surface area is 93.1 Å². The molecule has 1 saturated heterocycles. The first kappa shape index (κ1) is 10.7. The highest BCUT2D eigenvalue weighted by Gasteiger charge is 2.25. The van der Waals surface area contributed by atoms with E-state index in [-0.39, 0.29) is 0 Å². The maximum atomic E-state index is 2.64. The summed E-state index contributed by atoms with van der Waals surface area (Å²) in [6.07, 6.45) is 4.06. The van der Waals surface area contributed by atoms with Crippen LogP contribution in [0, 0.1) is 0 Å². The number of benzene rings is 1. The molecule has 0 aromatic heterocycles. The Kier molecular flexibility index (Phi) is 3.42. The molecule has 1 fully saturated rings. The van der Waals surface area contributed by atoms with Gasteiger partial charge in [0.05, 0.1) is 0 Å². The summed E-state index contributed by atoms with van der Waals surface area (Å²) in [6.45, 7) is 5.87. The molecule has 15 heavy (non-hydrogen) atoms. The number of rotatable bonds is 2. The van der Waals surface area contributed by atoms with Crippen molar-refractivity contribution < 1.29 is 0 Å². The van der Waals surface area contributed by atoms with Gasteiger partial charge >= 0.3 is 0 Å². The predicted octanol–water partition coefficient (Wildman–Crippen LogP) is 3.62. The zero-order chi connectivity index (χ0) is 10.7. The summed E-state index contributed by atoms with van der Waals surface area (Å²) < 4.78 is 0. The van der Waals surface area contributed by atoms with Gasteiger partial charge < -0.3 is 0 Å². The summed E-state index contributed by atoms with van der Waals surface area (Å²) >= 11 is 0. The average molecular weight is 203 g/mol. The fourth-order valence-electron chi connectivity index (χ4n) is 2.61. The molecule has 2 rings (SSSR count). The van der Waals surface area contributed by atoms with E-state index in [2.05, 4.69) is 49.1 Å². The van der Waals surface area contributed by atoms with Crippen molar-refractivity contribution in [2.24, 2.45) is 0 Å². The van der Waals surface area contributed by atoms with Gasteiger partial charge in [0.15, 0.2) is 0 Å². The largest absolute Gasteiger partial charge is 0.294 e. The van der Waals surface area contributed by atoms with Crippen LogP contribution in [0.4, 0.5) is 0 Å². The molecule has 0 spiro atoms. The summed E-state index contributed by atoms with van der Waals surface area (Å²) in [7, 11) is 0. The molecule has 1 nitrogen and oxygen atoms in total. The molecule has 1 aliphatic heterocycles. The monoisotopic (exact) mass is 203 g/mol. The minimum atomic E-state index is 0.653. The number of nitrogens with zero attached hydrogens (tertiary/aromatic N) is 1. The van der Waals surface area contributed by atoms with Crippen LogP contribution in [0.15, 0.2) is 30.3 Å². The van der Waals surface area contributed by atoms with Crippen molar-refractivity contribution in [3.63, 3.8) is 0 Å². The molecule has 82 valence electrons. The van der Waals surface area contributed by atoms with Gasteiger partial charge in [0, 0.05) is 12.1 Å². The standard InChI is InChI=1S/C14H21N/c1-12(2)15-11-7-6-10-14(15)13-8-4-3-5-9-13/h3-5,8-9,12,14H,6-7,10-11H2,1-2H3. The maximum Gasteiger partial charge on any atom is 0.0350 e. The van der Waals surface area contributed by atoms with Crippen LogP contribution < -0.4 is 0 Å². The van der Waals surface area contributed by atoms with E-state index >= 15 is 0 Å². The van der Waals surface area contributed by atoms with Crippen LogP contribution in [0.5, 0.6) is 0 Å². The van der Waals surface area contributed by atoms with E-state index in [0.29, 0.717) is 12.1 Å². The van der Waals surface area contributed by atoms with Crippen LogP contribution >= 0.6 is 0 Å². The molecule has 0 bridgehead atoms. The maximum absolute atomic E-state index is 2.64. The minimum absolute atomic E-state index is 0.653. The predicted molar refractivity (Wildman–Crippen MR) is 64.9 cm³/mol. The lowest BCUT2D eigenvalue weighted by atomic mass is 9.94. The molecule has 0 radical (unpaired) electrons. The van der Waals surface area contributed by atoms with Crippen LogP contribution in [0.1, 0.15) is 44.7 Å². The van der Waals surface area contributed by atoms with Crippen LogP contribution in [0.2, 0.25) is 0 Å². The molecule has 1 aromatic rings. The lowest BCUT2D eigenvalue weighted by molar-refractivity contribution is 0.112.